The molecule has 0 fully saturated rings. The number of aryl methyl sites for hydroxylation is 1. The van der Waals surface area contributed by atoms with Gasteiger partial charge >= 0.3 is 0 Å². The molecule has 3 N–H and O–H groups in total. The fraction of sp³-hybridized carbons (Fsp3) is 0.400. The molecular weight excluding hydrogens is 308 g/mol. The van der Waals surface area contributed by atoms with Crippen LogP contribution < -0.4 is 11.1 Å². The Morgan fingerprint density at radius 2 is 2.38 bits per heavy atom. The summed E-state index contributed by atoms with van der Waals surface area (Å²) in [6, 6.07) is 1.86. The maximum absolute atomic E-state index is 11.7. The highest BCUT2D eigenvalue weighted by molar-refractivity contribution is 9.11. The third kappa shape index (κ3) is 3.54. The van der Waals surface area contributed by atoms with Crippen LogP contribution in [0.15, 0.2) is 9.85 Å². The summed E-state index contributed by atoms with van der Waals surface area (Å²) in [7, 11) is 0. The lowest BCUT2D eigenvalue weighted by molar-refractivity contribution is 0.0955. The quantitative estimate of drug-likeness (QED) is 0.838. The van der Waals surface area contributed by atoms with Gasteiger partial charge in [0.25, 0.3) is 5.91 Å². The molecule has 3 nitrogen and oxygen atoms in total. The van der Waals surface area contributed by atoms with Crippen molar-refractivity contribution in [3.63, 3.8) is 0 Å². The molecule has 1 amide bonds. The molecule has 0 aromatic carbocycles. The van der Waals surface area contributed by atoms with E-state index < -0.39 is 0 Å². The van der Waals surface area contributed by atoms with Gasteiger partial charge in [-0.1, -0.05) is 19.1 Å². The Morgan fingerprint density at radius 3 is 2.81 bits per heavy atom. The van der Waals surface area contributed by atoms with Crippen LogP contribution >= 0.6 is 39.5 Å². The molecule has 0 radical (unpaired) electrons. The summed E-state index contributed by atoms with van der Waals surface area (Å²) >= 11 is 9.64. The van der Waals surface area contributed by atoms with Gasteiger partial charge in [0, 0.05) is 12.5 Å². The highest BCUT2D eigenvalue weighted by atomic mass is 79.9. The van der Waals surface area contributed by atoms with E-state index in [-0.39, 0.29) is 11.8 Å². The summed E-state index contributed by atoms with van der Waals surface area (Å²) in [5, 5.41) is 2.80. The Labute approximate surface area is 113 Å². The number of amides is 1. The zero-order chi connectivity index (χ0) is 12.3. The second-order valence-corrected chi connectivity index (χ2v) is 6.42. The zero-order valence-corrected chi connectivity index (χ0v) is 12.3. The van der Waals surface area contributed by atoms with Gasteiger partial charge in [-0.25, -0.2) is 0 Å². The van der Waals surface area contributed by atoms with Crippen LogP contribution in [0.5, 0.6) is 0 Å². The van der Waals surface area contributed by atoms with E-state index in [2.05, 4.69) is 21.2 Å². The van der Waals surface area contributed by atoms with E-state index >= 15 is 0 Å². The third-order valence-corrected chi connectivity index (χ3v) is 4.67. The van der Waals surface area contributed by atoms with Crippen molar-refractivity contribution in [3.8, 4) is 0 Å². The Balaban J connectivity index is 2.56. The van der Waals surface area contributed by atoms with E-state index in [9.17, 15) is 4.79 Å². The van der Waals surface area contributed by atoms with Crippen molar-refractivity contribution in [1.82, 2.24) is 5.32 Å². The maximum Gasteiger partial charge on any atom is 0.261 e. The lowest BCUT2D eigenvalue weighted by Crippen LogP contribution is -2.33. The van der Waals surface area contributed by atoms with Gasteiger partial charge in [-0.2, -0.15) is 0 Å². The Morgan fingerprint density at radius 1 is 1.75 bits per heavy atom. The van der Waals surface area contributed by atoms with Crippen LogP contribution in [0.25, 0.3) is 0 Å². The van der Waals surface area contributed by atoms with Crippen molar-refractivity contribution < 1.29 is 4.79 Å². The van der Waals surface area contributed by atoms with Crippen molar-refractivity contribution >= 4 is 50.4 Å². The van der Waals surface area contributed by atoms with Gasteiger partial charge in [-0.15, -0.1) is 11.3 Å². The predicted molar refractivity (Wildman–Crippen MR) is 75.0 cm³/mol. The summed E-state index contributed by atoms with van der Waals surface area (Å²) in [6.45, 7) is 4.32. The van der Waals surface area contributed by atoms with Gasteiger partial charge in [-0.05, 0) is 34.5 Å². The molecule has 1 aromatic rings. The zero-order valence-electron chi connectivity index (χ0n) is 9.04. The van der Waals surface area contributed by atoms with Crippen LogP contribution in [0.2, 0.25) is 0 Å². The monoisotopic (exact) mass is 320 g/mol. The van der Waals surface area contributed by atoms with Crippen LogP contribution in [0.4, 0.5) is 0 Å². The topological polar surface area (TPSA) is 55.1 Å². The summed E-state index contributed by atoms with van der Waals surface area (Å²) < 4.78 is 0.986. The molecule has 88 valence electrons. The van der Waals surface area contributed by atoms with E-state index in [1.54, 1.807) is 0 Å². The SMILES string of the molecule is Cc1cc(C(=O)NCC(C)C(N)=S)sc1Br. The lowest BCUT2D eigenvalue weighted by Gasteiger charge is -2.09. The molecule has 1 heterocycles. The van der Waals surface area contributed by atoms with Crippen LogP contribution in [-0.2, 0) is 0 Å². The maximum atomic E-state index is 11.7. The van der Waals surface area contributed by atoms with Gasteiger partial charge < -0.3 is 11.1 Å². The van der Waals surface area contributed by atoms with Crippen LogP contribution in [0, 0.1) is 12.8 Å². The van der Waals surface area contributed by atoms with Crippen molar-refractivity contribution in [3.05, 3.63) is 20.3 Å². The number of thiocarbonyl (C=S) groups is 1. The number of rotatable bonds is 4. The molecule has 0 aliphatic heterocycles. The smallest absolute Gasteiger partial charge is 0.261 e. The average molecular weight is 321 g/mol. The molecule has 1 unspecified atom stereocenters. The fourth-order valence-electron chi connectivity index (χ4n) is 1.01. The van der Waals surface area contributed by atoms with E-state index in [0.717, 1.165) is 9.35 Å². The van der Waals surface area contributed by atoms with Crippen LogP contribution in [-0.4, -0.2) is 17.4 Å². The van der Waals surface area contributed by atoms with Gasteiger partial charge in [0.05, 0.1) is 13.7 Å². The normalized spacial score (nSPS) is 12.2. The molecule has 0 bridgehead atoms. The molecule has 0 aliphatic carbocycles. The number of nitrogens with two attached hydrogens (primary N) is 1. The second-order valence-electron chi connectivity index (χ2n) is 3.58. The molecule has 0 aliphatic rings. The van der Waals surface area contributed by atoms with Crippen molar-refractivity contribution in [1.29, 1.82) is 0 Å². The van der Waals surface area contributed by atoms with Crippen molar-refractivity contribution in [2.75, 3.05) is 6.54 Å². The predicted octanol–water partition coefficient (Wildman–Crippen LogP) is 2.47. The first-order chi connectivity index (χ1) is 7.41. The first-order valence-electron chi connectivity index (χ1n) is 4.75. The first kappa shape index (κ1) is 13.6. The highest BCUT2D eigenvalue weighted by Gasteiger charge is 2.12. The first-order valence-corrected chi connectivity index (χ1v) is 6.77. The average Bonchev–Trinajstić information content (AvgIpc) is 2.55. The minimum Gasteiger partial charge on any atom is -0.393 e. The molecule has 1 rings (SSSR count). The van der Waals surface area contributed by atoms with Gasteiger partial charge in [-0.3, -0.25) is 4.79 Å². The Kier molecular flexibility index (Phi) is 4.89. The van der Waals surface area contributed by atoms with E-state index in [0.29, 0.717) is 16.4 Å². The molecule has 1 atom stereocenters. The number of carbonyl (C=O) groups excluding carboxylic acids is 1. The standard InChI is InChI=1S/C10H13BrN2OS2/c1-5-3-7(16-8(5)11)10(14)13-4-6(2)9(12)15/h3,6H,4H2,1-2H3,(H2,12,15)(H,13,14). The molecule has 6 heteroatoms. The minimum absolute atomic E-state index is 0.0171. The number of nitrogens with one attached hydrogen (secondary N) is 1. The number of halogens is 1. The molecule has 16 heavy (non-hydrogen) atoms. The molecule has 0 spiro atoms. The van der Waals surface area contributed by atoms with Crippen LogP contribution in [0.1, 0.15) is 22.2 Å². The number of hydrogen-bond acceptors (Lipinski definition) is 3. The summed E-state index contributed by atoms with van der Waals surface area (Å²) in [5.41, 5.74) is 6.53. The Hall–Kier alpha value is -0.460. The molecule has 0 saturated heterocycles. The van der Waals surface area contributed by atoms with E-state index in [1.165, 1.54) is 11.3 Å². The summed E-state index contributed by atoms with van der Waals surface area (Å²) in [5.74, 6) is -0.0645. The Bertz CT molecular complexity index is 397. The molecular formula is C10H13BrN2OS2. The number of hydrogen-bond donors (Lipinski definition) is 2. The lowest BCUT2D eigenvalue weighted by atomic mass is 10.2. The van der Waals surface area contributed by atoms with Crippen LogP contribution in [0.3, 0.4) is 0 Å². The minimum atomic E-state index is -0.0816. The summed E-state index contributed by atoms with van der Waals surface area (Å²) in [4.78, 5) is 12.8. The number of carbonyl (C=O) groups is 1. The van der Waals surface area contributed by atoms with Gasteiger partial charge in [0.2, 0.25) is 0 Å². The van der Waals surface area contributed by atoms with Crippen molar-refractivity contribution in [2.24, 2.45) is 11.7 Å². The van der Waals surface area contributed by atoms with Crippen molar-refractivity contribution in [2.45, 2.75) is 13.8 Å². The largest absolute Gasteiger partial charge is 0.393 e. The number of thiophene rings is 1. The van der Waals surface area contributed by atoms with Gasteiger partial charge in [0.15, 0.2) is 0 Å². The summed E-state index contributed by atoms with van der Waals surface area (Å²) in [6.07, 6.45) is 0. The molecule has 0 saturated carbocycles. The molecule has 1 aromatic heterocycles. The van der Waals surface area contributed by atoms with Gasteiger partial charge in [0.1, 0.15) is 0 Å². The fourth-order valence-corrected chi connectivity index (χ4v) is 2.54. The van der Waals surface area contributed by atoms with E-state index in [1.807, 2.05) is 19.9 Å². The third-order valence-electron chi connectivity index (χ3n) is 2.14. The highest BCUT2D eigenvalue weighted by Crippen LogP contribution is 2.27. The second kappa shape index (κ2) is 5.75. The van der Waals surface area contributed by atoms with E-state index in [4.69, 9.17) is 18.0 Å².